The van der Waals surface area contributed by atoms with Gasteiger partial charge in [-0.1, -0.05) is 6.58 Å². The molecule has 1 aliphatic rings. The summed E-state index contributed by atoms with van der Waals surface area (Å²) in [4.78, 5) is 12.3. The van der Waals surface area contributed by atoms with Gasteiger partial charge in [0.1, 0.15) is 5.82 Å². The largest absolute Gasteiger partial charge is 0.416 e. The minimum absolute atomic E-state index is 0.0858. The summed E-state index contributed by atoms with van der Waals surface area (Å²) < 4.78 is 51.5. The van der Waals surface area contributed by atoms with Crippen molar-refractivity contribution in [1.29, 1.82) is 0 Å². The fourth-order valence-corrected chi connectivity index (χ4v) is 2.56. The molecule has 0 saturated carbocycles. The smallest absolute Gasteiger partial charge is 0.385 e. The lowest BCUT2D eigenvalue weighted by Crippen LogP contribution is -2.36. The van der Waals surface area contributed by atoms with Crippen LogP contribution in [-0.4, -0.2) is 30.9 Å². The van der Waals surface area contributed by atoms with Gasteiger partial charge in [-0.3, -0.25) is 4.79 Å². The Bertz CT molecular complexity index is 578. The zero-order chi connectivity index (χ0) is 17.0. The Labute approximate surface area is 132 Å². The molecule has 1 aromatic carbocycles. The van der Waals surface area contributed by atoms with E-state index >= 15 is 0 Å². The van der Waals surface area contributed by atoms with E-state index < -0.39 is 17.6 Å². The zero-order valence-corrected chi connectivity index (χ0v) is 12.5. The van der Waals surface area contributed by atoms with Crippen molar-refractivity contribution in [2.75, 3.05) is 19.6 Å². The van der Waals surface area contributed by atoms with Gasteiger partial charge in [-0.25, -0.2) is 4.39 Å². The molecule has 7 heteroatoms. The Hall–Kier alpha value is -2.05. The summed E-state index contributed by atoms with van der Waals surface area (Å²) >= 11 is 0. The zero-order valence-electron chi connectivity index (χ0n) is 12.5. The number of nitrogens with one attached hydrogen (secondary N) is 1. The Morgan fingerprint density at radius 3 is 2.52 bits per heavy atom. The van der Waals surface area contributed by atoms with Gasteiger partial charge in [0.25, 0.3) is 0 Å². The van der Waals surface area contributed by atoms with Crippen molar-refractivity contribution in [1.82, 2.24) is 10.2 Å². The second kappa shape index (κ2) is 7.02. The first-order chi connectivity index (χ1) is 10.8. The summed E-state index contributed by atoms with van der Waals surface area (Å²) in [5.74, 6) is -0.643. The molecule has 0 radical (unpaired) electrons. The van der Waals surface area contributed by atoms with Gasteiger partial charge in [0.05, 0.1) is 5.56 Å². The molecule has 126 valence electrons. The van der Waals surface area contributed by atoms with Crippen LogP contribution in [0.15, 0.2) is 24.8 Å². The lowest BCUT2D eigenvalue weighted by Gasteiger charge is -2.29. The van der Waals surface area contributed by atoms with Crippen molar-refractivity contribution in [2.45, 2.75) is 19.0 Å². The number of carbonyl (C=O) groups excluding carboxylic acids is 1. The number of halogens is 4. The third kappa shape index (κ3) is 4.71. The van der Waals surface area contributed by atoms with Gasteiger partial charge in [0, 0.05) is 30.9 Å². The fourth-order valence-electron chi connectivity index (χ4n) is 2.56. The maximum atomic E-state index is 13.4. The van der Waals surface area contributed by atoms with Gasteiger partial charge in [-0.2, -0.15) is 13.2 Å². The first-order valence-corrected chi connectivity index (χ1v) is 7.30. The van der Waals surface area contributed by atoms with E-state index in [4.69, 9.17) is 0 Å². The Kier molecular flexibility index (Phi) is 5.28. The van der Waals surface area contributed by atoms with Gasteiger partial charge in [-0.05, 0) is 37.0 Å². The number of piperidine rings is 1. The first-order valence-electron chi connectivity index (χ1n) is 7.30. The van der Waals surface area contributed by atoms with Crippen LogP contribution >= 0.6 is 0 Å². The second-order valence-electron chi connectivity index (χ2n) is 5.67. The summed E-state index contributed by atoms with van der Waals surface area (Å²) in [5.41, 5.74) is -0.690. The maximum absolute atomic E-state index is 13.4. The highest BCUT2D eigenvalue weighted by atomic mass is 19.4. The summed E-state index contributed by atoms with van der Waals surface area (Å²) in [6.45, 7) is 5.56. The molecule has 1 aliphatic heterocycles. The monoisotopic (exact) mass is 330 g/mol. The van der Waals surface area contributed by atoms with Gasteiger partial charge in [0.15, 0.2) is 0 Å². The Morgan fingerprint density at radius 2 is 1.96 bits per heavy atom. The van der Waals surface area contributed by atoms with E-state index in [1.54, 1.807) is 4.90 Å². The fraction of sp³-hybridized carbons (Fsp3) is 0.438. The Balaban J connectivity index is 1.96. The molecule has 1 fully saturated rings. The summed E-state index contributed by atoms with van der Waals surface area (Å²) in [7, 11) is 0. The summed E-state index contributed by atoms with van der Waals surface area (Å²) in [5, 5.41) is 2.97. The molecule has 0 aliphatic carbocycles. The van der Waals surface area contributed by atoms with E-state index in [1.807, 2.05) is 0 Å². The van der Waals surface area contributed by atoms with Gasteiger partial charge >= 0.3 is 6.18 Å². The minimum atomic E-state index is -4.60. The molecule has 3 nitrogen and oxygen atoms in total. The second-order valence-corrected chi connectivity index (χ2v) is 5.67. The molecule has 0 atom stereocenters. The Morgan fingerprint density at radius 1 is 1.30 bits per heavy atom. The quantitative estimate of drug-likeness (QED) is 0.664. The molecule has 0 unspecified atom stereocenters. The molecule has 1 amide bonds. The van der Waals surface area contributed by atoms with Crippen LogP contribution in [0.5, 0.6) is 0 Å². The summed E-state index contributed by atoms with van der Waals surface area (Å²) in [6, 6.07) is 2.37. The highest BCUT2D eigenvalue weighted by Crippen LogP contribution is 2.31. The van der Waals surface area contributed by atoms with Crippen LogP contribution in [0.1, 0.15) is 24.0 Å². The normalized spacial score (nSPS) is 16.3. The van der Waals surface area contributed by atoms with Gasteiger partial charge in [0.2, 0.25) is 6.41 Å². The third-order valence-electron chi connectivity index (χ3n) is 3.98. The van der Waals surface area contributed by atoms with Crippen LogP contribution < -0.4 is 5.32 Å². The van der Waals surface area contributed by atoms with Crippen LogP contribution in [0.3, 0.4) is 0 Å². The molecule has 0 spiro atoms. The van der Waals surface area contributed by atoms with Crippen LogP contribution in [-0.2, 0) is 11.0 Å². The highest BCUT2D eigenvalue weighted by Gasteiger charge is 2.31. The molecule has 1 N–H and O–H groups in total. The van der Waals surface area contributed by atoms with Crippen molar-refractivity contribution in [2.24, 2.45) is 5.92 Å². The average Bonchev–Trinajstić information content (AvgIpc) is 2.51. The number of carbonyl (C=O) groups is 1. The number of nitrogens with zero attached hydrogens (tertiary/aromatic N) is 1. The van der Waals surface area contributed by atoms with E-state index in [0.717, 1.165) is 31.4 Å². The van der Waals surface area contributed by atoms with E-state index in [-0.39, 0.29) is 11.3 Å². The number of rotatable bonds is 5. The van der Waals surface area contributed by atoms with Crippen LogP contribution in [0, 0.1) is 11.7 Å². The van der Waals surface area contributed by atoms with Crippen LogP contribution in [0.4, 0.5) is 17.6 Å². The molecule has 1 heterocycles. The SMILES string of the molecule is C=C(NCC1CCN(C=O)CC1)c1cc(F)cc(C(F)(F)F)c1. The van der Waals surface area contributed by atoms with Gasteiger partial charge in [-0.15, -0.1) is 0 Å². The molecular formula is C16H18F4N2O. The number of hydrogen-bond donors (Lipinski definition) is 1. The number of hydrogen-bond acceptors (Lipinski definition) is 2. The summed E-state index contributed by atoms with van der Waals surface area (Å²) in [6.07, 6.45) is -2.15. The standard InChI is InChI=1S/C16H18F4N2O/c1-11(21-9-12-2-4-22(10-23)5-3-12)13-6-14(16(18,19)20)8-15(17)7-13/h6-8,10,12,21H,1-5,9H2. The number of amides is 1. The highest BCUT2D eigenvalue weighted by molar-refractivity contribution is 5.62. The third-order valence-corrected chi connectivity index (χ3v) is 3.98. The van der Waals surface area contributed by atoms with E-state index in [2.05, 4.69) is 11.9 Å². The molecule has 1 saturated heterocycles. The predicted molar refractivity (Wildman–Crippen MR) is 78.8 cm³/mol. The molecule has 2 rings (SSSR count). The topological polar surface area (TPSA) is 32.3 Å². The van der Waals surface area contributed by atoms with Crippen molar-refractivity contribution < 1.29 is 22.4 Å². The van der Waals surface area contributed by atoms with Crippen LogP contribution in [0.2, 0.25) is 0 Å². The molecule has 1 aromatic rings. The lowest BCUT2D eigenvalue weighted by atomic mass is 9.97. The van der Waals surface area contributed by atoms with E-state index in [9.17, 15) is 22.4 Å². The van der Waals surface area contributed by atoms with Crippen molar-refractivity contribution in [3.05, 3.63) is 41.7 Å². The number of alkyl halides is 3. The molecule has 0 bridgehead atoms. The van der Waals surface area contributed by atoms with E-state index in [0.29, 0.717) is 31.6 Å². The lowest BCUT2D eigenvalue weighted by molar-refractivity contribution is -0.137. The number of likely N-dealkylation sites (tertiary alicyclic amines) is 1. The van der Waals surface area contributed by atoms with Crippen molar-refractivity contribution >= 4 is 12.1 Å². The van der Waals surface area contributed by atoms with Gasteiger partial charge < -0.3 is 10.2 Å². The van der Waals surface area contributed by atoms with Crippen LogP contribution in [0.25, 0.3) is 5.70 Å². The van der Waals surface area contributed by atoms with Crippen molar-refractivity contribution in [3.8, 4) is 0 Å². The first kappa shape index (κ1) is 17.3. The minimum Gasteiger partial charge on any atom is -0.385 e. The van der Waals surface area contributed by atoms with Crippen molar-refractivity contribution in [3.63, 3.8) is 0 Å². The average molecular weight is 330 g/mol. The molecule has 23 heavy (non-hydrogen) atoms. The van der Waals surface area contributed by atoms with E-state index in [1.165, 1.54) is 0 Å². The maximum Gasteiger partial charge on any atom is 0.416 e. The predicted octanol–water partition coefficient (Wildman–Crippen LogP) is 3.27. The molecule has 0 aromatic heterocycles. The molecular weight excluding hydrogens is 312 g/mol. The number of benzene rings is 1.